The van der Waals surface area contributed by atoms with Gasteiger partial charge >= 0.3 is 0 Å². The van der Waals surface area contributed by atoms with Crippen LogP contribution in [0.4, 0.5) is 0 Å². The van der Waals surface area contributed by atoms with Gasteiger partial charge in [0.15, 0.2) is 0 Å². The van der Waals surface area contributed by atoms with Crippen LogP contribution in [-0.2, 0) is 6.61 Å². The lowest BCUT2D eigenvalue weighted by molar-refractivity contribution is 0.166. The van der Waals surface area contributed by atoms with Gasteiger partial charge in [0.05, 0.1) is 11.8 Å². The molecule has 0 saturated carbocycles. The Kier molecular flexibility index (Phi) is 4.93. The third kappa shape index (κ3) is 3.78. The molecule has 1 N–H and O–H groups in total. The van der Waals surface area contributed by atoms with Gasteiger partial charge in [-0.1, -0.05) is 25.1 Å². The van der Waals surface area contributed by atoms with Gasteiger partial charge in [0.2, 0.25) is 0 Å². The van der Waals surface area contributed by atoms with Crippen molar-refractivity contribution in [3.05, 3.63) is 58.3 Å². The second-order valence-corrected chi connectivity index (χ2v) is 5.13. The van der Waals surface area contributed by atoms with Gasteiger partial charge in [-0.3, -0.25) is 4.98 Å². The van der Waals surface area contributed by atoms with Crippen molar-refractivity contribution in [1.82, 2.24) is 4.98 Å². The van der Waals surface area contributed by atoms with Crippen LogP contribution >= 0.6 is 15.9 Å². The molecule has 1 aromatic carbocycles. The molecule has 4 heteroatoms. The summed E-state index contributed by atoms with van der Waals surface area (Å²) < 4.78 is 6.69. The highest BCUT2D eigenvalue weighted by Gasteiger charge is 2.11. The molecule has 1 unspecified atom stereocenters. The maximum Gasteiger partial charge on any atom is 0.130 e. The quantitative estimate of drug-likeness (QED) is 0.909. The highest BCUT2D eigenvalue weighted by atomic mass is 79.9. The van der Waals surface area contributed by atoms with E-state index in [1.165, 1.54) is 0 Å². The van der Waals surface area contributed by atoms with E-state index in [9.17, 15) is 5.11 Å². The Balaban J connectivity index is 2.09. The van der Waals surface area contributed by atoms with E-state index >= 15 is 0 Å². The number of aromatic nitrogens is 1. The lowest BCUT2D eigenvalue weighted by atomic mass is 10.1. The van der Waals surface area contributed by atoms with E-state index in [-0.39, 0.29) is 0 Å². The van der Waals surface area contributed by atoms with E-state index in [2.05, 4.69) is 20.9 Å². The zero-order valence-electron chi connectivity index (χ0n) is 10.7. The standard InChI is InChI=1S/C15H16BrNO2/c1-2-14(18)13-5-3-4-6-15(13)19-10-12-8-7-11(16)9-17-12/h3-9,14,18H,2,10H2,1H3. The molecule has 2 aromatic rings. The van der Waals surface area contributed by atoms with Crippen molar-refractivity contribution >= 4 is 15.9 Å². The van der Waals surface area contributed by atoms with E-state index in [1.54, 1.807) is 6.20 Å². The number of para-hydroxylation sites is 1. The highest BCUT2D eigenvalue weighted by molar-refractivity contribution is 9.10. The first-order chi connectivity index (χ1) is 9.20. The number of benzene rings is 1. The predicted octanol–water partition coefficient (Wildman–Crippen LogP) is 3.87. The predicted molar refractivity (Wildman–Crippen MR) is 78.0 cm³/mol. The molecule has 0 bridgehead atoms. The fourth-order valence-corrected chi connectivity index (χ4v) is 1.99. The molecule has 0 amide bonds. The molecule has 0 aliphatic carbocycles. The Hall–Kier alpha value is -1.39. The van der Waals surface area contributed by atoms with Crippen LogP contribution < -0.4 is 4.74 Å². The number of hydrogen-bond acceptors (Lipinski definition) is 3. The van der Waals surface area contributed by atoms with Gasteiger partial charge in [-0.15, -0.1) is 0 Å². The first-order valence-electron chi connectivity index (χ1n) is 6.21. The summed E-state index contributed by atoms with van der Waals surface area (Å²) >= 11 is 3.35. The Morgan fingerprint density at radius 2 is 2.05 bits per heavy atom. The van der Waals surface area contributed by atoms with Gasteiger partial charge in [0.1, 0.15) is 12.4 Å². The Morgan fingerprint density at radius 3 is 2.74 bits per heavy atom. The molecule has 1 heterocycles. The summed E-state index contributed by atoms with van der Waals surface area (Å²) in [6.45, 7) is 2.33. The van der Waals surface area contributed by atoms with Gasteiger partial charge in [-0.25, -0.2) is 0 Å². The average Bonchev–Trinajstić information content (AvgIpc) is 2.46. The van der Waals surface area contributed by atoms with Crippen LogP contribution in [0.2, 0.25) is 0 Å². The molecule has 0 fully saturated rings. The molecule has 0 spiro atoms. The van der Waals surface area contributed by atoms with Crippen LogP contribution in [-0.4, -0.2) is 10.1 Å². The number of nitrogens with zero attached hydrogens (tertiary/aromatic N) is 1. The van der Waals surface area contributed by atoms with Gasteiger partial charge in [-0.2, -0.15) is 0 Å². The second kappa shape index (κ2) is 6.68. The van der Waals surface area contributed by atoms with Crippen LogP contribution in [0.1, 0.15) is 30.7 Å². The van der Waals surface area contributed by atoms with Crippen molar-refractivity contribution in [1.29, 1.82) is 0 Å². The second-order valence-electron chi connectivity index (χ2n) is 4.22. The zero-order chi connectivity index (χ0) is 13.7. The van der Waals surface area contributed by atoms with E-state index in [0.29, 0.717) is 18.8 Å². The van der Waals surface area contributed by atoms with Crippen molar-refractivity contribution in [2.24, 2.45) is 0 Å². The van der Waals surface area contributed by atoms with Crippen molar-refractivity contribution in [3.8, 4) is 5.75 Å². The molecule has 0 radical (unpaired) electrons. The van der Waals surface area contributed by atoms with Crippen LogP contribution in [0.5, 0.6) is 5.75 Å². The average molecular weight is 322 g/mol. The van der Waals surface area contributed by atoms with Crippen LogP contribution in [0.25, 0.3) is 0 Å². The number of pyridine rings is 1. The highest BCUT2D eigenvalue weighted by Crippen LogP contribution is 2.27. The number of ether oxygens (including phenoxy) is 1. The monoisotopic (exact) mass is 321 g/mol. The molecule has 0 aliphatic heterocycles. The van der Waals surface area contributed by atoms with Crippen LogP contribution in [0, 0.1) is 0 Å². The van der Waals surface area contributed by atoms with Crippen LogP contribution in [0.15, 0.2) is 47.1 Å². The molecule has 3 nitrogen and oxygen atoms in total. The van der Waals surface area contributed by atoms with E-state index in [1.807, 2.05) is 43.3 Å². The topological polar surface area (TPSA) is 42.4 Å². The molecular weight excluding hydrogens is 306 g/mol. The summed E-state index contributed by atoms with van der Waals surface area (Å²) in [6, 6.07) is 11.4. The summed E-state index contributed by atoms with van der Waals surface area (Å²) in [5.41, 5.74) is 1.67. The minimum atomic E-state index is -0.492. The van der Waals surface area contributed by atoms with E-state index in [0.717, 1.165) is 15.7 Å². The minimum Gasteiger partial charge on any atom is -0.487 e. The summed E-state index contributed by atoms with van der Waals surface area (Å²) in [5.74, 6) is 0.710. The molecule has 2 rings (SSSR count). The van der Waals surface area contributed by atoms with Crippen LogP contribution in [0.3, 0.4) is 0 Å². The minimum absolute atomic E-state index is 0.390. The first kappa shape index (κ1) is 14.0. The lowest BCUT2D eigenvalue weighted by Gasteiger charge is -2.14. The zero-order valence-corrected chi connectivity index (χ0v) is 12.3. The SMILES string of the molecule is CCC(O)c1ccccc1OCc1ccc(Br)cn1. The van der Waals surface area contributed by atoms with Gasteiger partial charge < -0.3 is 9.84 Å². The Bertz CT molecular complexity index is 528. The first-order valence-corrected chi connectivity index (χ1v) is 7.00. The maximum absolute atomic E-state index is 9.94. The summed E-state index contributed by atoms with van der Waals surface area (Å²) in [5, 5.41) is 9.94. The molecule has 0 aliphatic rings. The number of rotatable bonds is 5. The molecule has 19 heavy (non-hydrogen) atoms. The fraction of sp³-hybridized carbons (Fsp3) is 0.267. The van der Waals surface area contributed by atoms with Gasteiger partial charge in [0, 0.05) is 16.2 Å². The number of hydrogen-bond donors (Lipinski definition) is 1. The fourth-order valence-electron chi connectivity index (χ4n) is 1.75. The third-order valence-electron chi connectivity index (χ3n) is 2.83. The molecule has 0 saturated heterocycles. The molecule has 100 valence electrons. The summed E-state index contributed by atoms with van der Waals surface area (Å²) in [7, 11) is 0. The third-order valence-corrected chi connectivity index (χ3v) is 3.30. The van der Waals surface area contributed by atoms with Crippen molar-refractivity contribution in [2.75, 3.05) is 0 Å². The molecular formula is C15H16BrNO2. The number of aliphatic hydroxyl groups excluding tert-OH is 1. The van der Waals surface area contributed by atoms with E-state index in [4.69, 9.17) is 4.74 Å². The smallest absolute Gasteiger partial charge is 0.130 e. The number of halogens is 1. The molecule has 1 aromatic heterocycles. The Morgan fingerprint density at radius 1 is 1.26 bits per heavy atom. The molecule has 1 atom stereocenters. The summed E-state index contributed by atoms with van der Waals surface area (Å²) in [6.07, 6.45) is 1.91. The normalized spacial score (nSPS) is 12.2. The largest absolute Gasteiger partial charge is 0.487 e. The van der Waals surface area contributed by atoms with Gasteiger partial charge in [-0.05, 0) is 40.5 Å². The van der Waals surface area contributed by atoms with Crippen molar-refractivity contribution < 1.29 is 9.84 Å². The lowest BCUT2D eigenvalue weighted by Crippen LogP contribution is -2.03. The van der Waals surface area contributed by atoms with E-state index < -0.39 is 6.10 Å². The van der Waals surface area contributed by atoms with Crippen molar-refractivity contribution in [3.63, 3.8) is 0 Å². The van der Waals surface area contributed by atoms with Crippen molar-refractivity contribution in [2.45, 2.75) is 26.1 Å². The number of aliphatic hydroxyl groups is 1. The Labute approximate surface area is 121 Å². The summed E-state index contributed by atoms with van der Waals surface area (Å²) in [4.78, 5) is 4.25. The maximum atomic E-state index is 9.94. The van der Waals surface area contributed by atoms with Gasteiger partial charge in [0.25, 0.3) is 0 Å².